The molecule has 5 nitrogen and oxygen atoms in total. The summed E-state index contributed by atoms with van der Waals surface area (Å²) in [7, 11) is 0. The number of amides is 1. The first-order chi connectivity index (χ1) is 8.77. The molecule has 1 aliphatic rings. The van der Waals surface area contributed by atoms with Crippen LogP contribution in [0, 0.1) is 12.8 Å². The third-order valence-electron chi connectivity index (χ3n) is 3.45. The molecule has 0 unspecified atom stereocenters. The van der Waals surface area contributed by atoms with Crippen molar-refractivity contribution in [3.63, 3.8) is 0 Å². The van der Waals surface area contributed by atoms with E-state index in [1.54, 1.807) is 0 Å². The van der Waals surface area contributed by atoms with E-state index in [-0.39, 0.29) is 11.8 Å². The fourth-order valence-corrected chi connectivity index (χ4v) is 2.22. The highest BCUT2D eigenvalue weighted by Gasteiger charge is 2.20. The largest absolute Gasteiger partial charge is 0.381 e. The molecule has 0 bridgehead atoms. The van der Waals surface area contributed by atoms with Crippen molar-refractivity contribution in [1.29, 1.82) is 0 Å². The molecule has 2 N–H and O–H groups in total. The monoisotopic (exact) mass is 251 g/mol. The number of carbonyl (C=O) groups excluding carboxylic acids is 1. The molecule has 0 aliphatic carbocycles. The summed E-state index contributed by atoms with van der Waals surface area (Å²) >= 11 is 0. The molecule has 1 aliphatic heterocycles. The second-order valence-corrected chi connectivity index (χ2v) is 4.80. The summed E-state index contributed by atoms with van der Waals surface area (Å²) in [5.74, 6) is 0.330. The van der Waals surface area contributed by atoms with Gasteiger partial charge in [0.05, 0.1) is 6.20 Å². The summed E-state index contributed by atoms with van der Waals surface area (Å²) in [6, 6.07) is 0. The number of hydrogen-bond acceptors (Lipinski definition) is 3. The Hall–Kier alpha value is -1.36. The molecule has 2 rings (SSSR count). The van der Waals surface area contributed by atoms with Crippen molar-refractivity contribution in [2.45, 2.75) is 32.6 Å². The molecule has 0 aromatic carbocycles. The Bertz CT molecular complexity index is 383. The lowest BCUT2D eigenvalue weighted by Crippen LogP contribution is -2.34. The molecule has 5 heteroatoms. The molecule has 100 valence electrons. The fourth-order valence-electron chi connectivity index (χ4n) is 2.22. The van der Waals surface area contributed by atoms with Gasteiger partial charge < -0.3 is 10.1 Å². The summed E-state index contributed by atoms with van der Waals surface area (Å²) in [5.41, 5.74) is 2.35. The van der Waals surface area contributed by atoms with E-state index in [4.69, 9.17) is 4.74 Å². The van der Waals surface area contributed by atoms with Gasteiger partial charge in [0.15, 0.2) is 0 Å². The zero-order valence-corrected chi connectivity index (χ0v) is 10.9. The third-order valence-corrected chi connectivity index (χ3v) is 3.45. The molecule has 1 amide bonds. The van der Waals surface area contributed by atoms with E-state index in [0.717, 1.165) is 37.9 Å². The number of H-pyrrole nitrogens is 1. The van der Waals surface area contributed by atoms with E-state index in [2.05, 4.69) is 15.5 Å². The molecule has 0 saturated carbocycles. The number of ether oxygens (including phenoxy) is 1. The smallest absolute Gasteiger partial charge is 0.223 e. The summed E-state index contributed by atoms with van der Waals surface area (Å²) in [4.78, 5) is 11.8. The number of nitrogens with one attached hydrogen (secondary N) is 2. The van der Waals surface area contributed by atoms with E-state index in [1.807, 2.05) is 13.1 Å². The first-order valence-corrected chi connectivity index (χ1v) is 6.61. The number of carbonyl (C=O) groups is 1. The van der Waals surface area contributed by atoms with E-state index >= 15 is 0 Å². The quantitative estimate of drug-likeness (QED) is 0.773. The van der Waals surface area contributed by atoms with Gasteiger partial charge in [-0.3, -0.25) is 9.89 Å². The van der Waals surface area contributed by atoms with Crippen LogP contribution in [-0.4, -0.2) is 35.9 Å². The average molecular weight is 251 g/mol. The van der Waals surface area contributed by atoms with Gasteiger partial charge in [0.2, 0.25) is 5.91 Å². The number of aryl methyl sites for hydroxylation is 2. The Kier molecular flexibility index (Phi) is 4.75. The Morgan fingerprint density at radius 2 is 2.33 bits per heavy atom. The minimum absolute atomic E-state index is 0.148. The minimum atomic E-state index is 0.148. The number of aromatic amines is 1. The molecular weight excluding hydrogens is 230 g/mol. The minimum Gasteiger partial charge on any atom is -0.381 e. The highest BCUT2D eigenvalue weighted by molar-refractivity contribution is 5.78. The van der Waals surface area contributed by atoms with Crippen LogP contribution in [0.3, 0.4) is 0 Å². The second-order valence-electron chi connectivity index (χ2n) is 4.80. The lowest BCUT2D eigenvalue weighted by molar-refractivity contribution is -0.127. The predicted octanol–water partition coefficient (Wildman–Crippen LogP) is 1.19. The van der Waals surface area contributed by atoms with E-state index in [1.165, 1.54) is 5.56 Å². The summed E-state index contributed by atoms with van der Waals surface area (Å²) in [5, 5.41) is 9.91. The van der Waals surface area contributed by atoms with Crippen LogP contribution in [0.1, 0.15) is 30.5 Å². The van der Waals surface area contributed by atoms with Gasteiger partial charge in [-0.2, -0.15) is 5.10 Å². The van der Waals surface area contributed by atoms with Crippen LogP contribution < -0.4 is 5.32 Å². The van der Waals surface area contributed by atoms with E-state index < -0.39 is 0 Å². The van der Waals surface area contributed by atoms with Gasteiger partial charge >= 0.3 is 0 Å². The van der Waals surface area contributed by atoms with Gasteiger partial charge in [-0.05, 0) is 38.2 Å². The highest BCUT2D eigenvalue weighted by atomic mass is 16.5. The Labute approximate surface area is 107 Å². The number of nitrogens with zero attached hydrogens (tertiary/aromatic N) is 1. The first-order valence-electron chi connectivity index (χ1n) is 6.61. The molecule has 18 heavy (non-hydrogen) atoms. The Balaban J connectivity index is 1.63. The van der Waals surface area contributed by atoms with Gasteiger partial charge in [0.1, 0.15) is 0 Å². The molecule has 0 atom stereocenters. The van der Waals surface area contributed by atoms with Crippen molar-refractivity contribution in [2.24, 2.45) is 5.92 Å². The Morgan fingerprint density at radius 1 is 1.56 bits per heavy atom. The van der Waals surface area contributed by atoms with Crippen molar-refractivity contribution >= 4 is 5.91 Å². The molecule has 1 saturated heterocycles. The molecule has 2 heterocycles. The molecule has 0 spiro atoms. The van der Waals surface area contributed by atoms with Crippen LogP contribution in [0.4, 0.5) is 0 Å². The predicted molar refractivity (Wildman–Crippen MR) is 68.2 cm³/mol. The Morgan fingerprint density at radius 3 is 3.00 bits per heavy atom. The van der Waals surface area contributed by atoms with Gasteiger partial charge in [-0.25, -0.2) is 0 Å². The van der Waals surface area contributed by atoms with E-state index in [9.17, 15) is 4.79 Å². The number of rotatable bonds is 5. The van der Waals surface area contributed by atoms with Crippen molar-refractivity contribution in [2.75, 3.05) is 19.8 Å². The normalized spacial score (nSPS) is 16.7. The maximum Gasteiger partial charge on any atom is 0.223 e. The fraction of sp³-hybridized carbons (Fsp3) is 0.692. The maximum absolute atomic E-state index is 11.8. The van der Waals surface area contributed by atoms with Crippen molar-refractivity contribution in [1.82, 2.24) is 15.5 Å². The van der Waals surface area contributed by atoms with Crippen LogP contribution in [0.25, 0.3) is 0 Å². The molecular formula is C13H21N3O2. The van der Waals surface area contributed by atoms with Crippen LogP contribution in [0.5, 0.6) is 0 Å². The van der Waals surface area contributed by atoms with Crippen LogP contribution >= 0.6 is 0 Å². The van der Waals surface area contributed by atoms with Crippen molar-refractivity contribution in [3.05, 3.63) is 17.5 Å². The zero-order chi connectivity index (χ0) is 12.8. The second kappa shape index (κ2) is 6.54. The highest BCUT2D eigenvalue weighted by Crippen LogP contribution is 2.14. The lowest BCUT2D eigenvalue weighted by atomic mass is 9.99. The summed E-state index contributed by atoms with van der Waals surface area (Å²) in [6.07, 6.45) is 5.47. The summed E-state index contributed by atoms with van der Waals surface area (Å²) in [6.45, 7) is 4.18. The standard InChI is InChI=1S/C13H21N3O2/c1-10-12(9-15-16-10)3-2-6-14-13(17)11-4-7-18-8-5-11/h9,11H,2-8H2,1H3,(H,14,17)(H,15,16). The van der Waals surface area contributed by atoms with Gasteiger partial charge in [0.25, 0.3) is 0 Å². The zero-order valence-electron chi connectivity index (χ0n) is 10.9. The molecule has 1 aromatic rings. The maximum atomic E-state index is 11.8. The lowest BCUT2D eigenvalue weighted by Gasteiger charge is -2.21. The van der Waals surface area contributed by atoms with Crippen LogP contribution in [0.15, 0.2) is 6.20 Å². The van der Waals surface area contributed by atoms with Crippen LogP contribution in [-0.2, 0) is 16.0 Å². The van der Waals surface area contributed by atoms with Gasteiger partial charge in [-0.15, -0.1) is 0 Å². The van der Waals surface area contributed by atoms with Crippen LogP contribution in [0.2, 0.25) is 0 Å². The van der Waals surface area contributed by atoms with Crippen molar-refractivity contribution < 1.29 is 9.53 Å². The molecule has 0 radical (unpaired) electrons. The third kappa shape index (κ3) is 3.57. The van der Waals surface area contributed by atoms with Gasteiger partial charge in [-0.1, -0.05) is 0 Å². The molecule has 1 fully saturated rings. The van der Waals surface area contributed by atoms with Crippen molar-refractivity contribution in [3.8, 4) is 0 Å². The SMILES string of the molecule is Cc1[nH]ncc1CCCNC(=O)C1CCOCC1. The summed E-state index contributed by atoms with van der Waals surface area (Å²) < 4.78 is 5.25. The number of aromatic nitrogens is 2. The molecule has 1 aromatic heterocycles. The van der Waals surface area contributed by atoms with Gasteiger partial charge in [0, 0.05) is 31.4 Å². The number of hydrogen-bond donors (Lipinski definition) is 2. The topological polar surface area (TPSA) is 67.0 Å². The van der Waals surface area contributed by atoms with E-state index in [0.29, 0.717) is 13.2 Å². The average Bonchev–Trinajstić information content (AvgIpc) is 2.81. The first kappa shape index (κ1) is 13.1.